The maximum atomic E-state index is 13.8. The number of hydrogen-bond acceptors (Lipinski definition) is 4. The molecule has 1 atom stereocenters. The van der Waals surface area contributed by atoms with Gasteiger partial charge in [-0.25, -0.2) is 12.8 Å². The zero-order valence-corrected chi connectivity index (χ0v) is 19.1. The Labute approximate surface area is 195 Å². The molecule has 2 N–H and O–H groups in total. The molecule has 0 bridgehead atoms. The first-order chi connectivity index (χ1) is 15.2. The highest BCUT2D eigenvalue weighted by Gasteiger charge is 2.29. The average molecular weight is 497 g/mol. The Kier molecular flexibility index (Phi) is 7.73. The van der Waals surface area contributed by atoms with Gasteiger partial charge in [-0.2, -0.15) is 4.72 Å². The quantitative estimate of drug-likeness (QED) is 0.474. The molecule has 0 radical (unpaired) electrons. The zero-order chi connectivity index (χ0) is 23.3. The average Bonchev–Trinajstić information content (AvgIpc) is 2.73. The molecule has 0 spiro atoms. The summed E-state index contributed by atoms with van der Waals surface area (Å²) in [4.78, 5) is 12.6. The third-order valence-electron chi connectivity index (χ3n) is 4.44. The van der Waals surface area contributed by atoms with Gasteiger partial charge in [-0.15, -0.1) is 0 Å². The molecule has 10 heteroatoms. The molecule has 0 fully saturated rings. The van der Waals surface area contributed by atoms with Crippen molar-refractivity contribution in [2.24, 2.45) is 0 Å². The van der Waals surface area contributed by atoms with Gasteiger partial charge in [0.25, 0.3) is 0 Å². The van der Waals surface area contributed by atoms with E-state index in [0.29, 0.717) is 21.3 Å². The summed E-state index contributed by atoms with van der Waals surface area (Å²) in [5, 5.41) is 3.22. The minimum Gasteiger partial charge on any atom is -0.495 e. The molecule has 3 aromatic carbocycles. The molecule has 0 aromatic heterocycles. The van der Waals surface area contributed by atoms with Crippen LogP contribution in [0.4, 0.5) is 10.1 Å². The Balaban J connectivity index is 1.93. The maximum absolute atomic E-state index is 13.8. The number of ether oxygens (including phenoxy) is 1. The molecule has 6 nitrogen and oxygen atoms in total. The summed E-state index contributed by atoms with van der Waals surface area (Å²) in [5.41, 5.74) is 1.01. The van der Waals surface area contributed by atoms with Crippen molar-refractivity contribution < 1.29 is 22.3 Å². The molecule has 1 unspecified atom stereocenters. The maximum Gasteiger partial charge on any atom is 0.245 e. The van der Waals surface area contributed by atoms with Crippen molar-refractivity contribution in [2.45, 2.75) is 17.4 Å². The van der Waals surface area contributed by atoms with Gasteiger partial charge in [0, 0.05) is 15.7 Å². The molecule has 0 saturated carbocycles. The van der Waals surface area contributed by atoms with Crippen molar-refractivity contribution in [1.82, 2.24) is 4.72 Å². The molecule has 0 aliphatic rings. The van der Waals surface area contributed by atoms with E-state index in [4.69, 9.17) is 27.9 Å². The second-order valence-electron chi connectivity index (χ2n) is 6.81. The summed E-state index contributed by atoms with van der Waals surface area (Å²) < 4.78 is 47.3. The predicted molar refractivity (Wildman–Crippen MR) is 122 cm³/mol. The Morgan fingerprint density at radius 3 is 2.31 bits per heavy atom. The predicted octanol–water partition coefficient (Wildman–Crippen LogP) is 4.67. The van der Waals surface area contributed by atoms with Gasteiger partial charge in [0.05, 0.1) is 7.11 Å². The highest BCUT2D eigenvalue weighted by molar-refractivity contribution is 7.89. The topological polar surface area (TPSA) is 84.5 Å². The first-order valence-electron chi connectivity index (χ1n) is 9.34. The lowest BCUT2D eigenvalue weighted by molar-refractivity contribution is -0.117. The van der Waals surface area contributed by atoms with E-state index in [0.717, 1.165) is 12.1 Å². The summed E-state index contributed by atoms with van der Waals surface area (Å²) in [6, 6.07) is 15.2. The number of halogens is 3. The molecular weight excluding hydrogens is 478 g/mol. The van der Waals surface area contributed by atoms with Gasteiger partial charge in [-0.3, -0.25) is 4.79 Å². The van der Waals surface area contributed by atoms with Crippen LogP contribution in [0.5, 0.6) is 5.75 Å². The SMILES string of the molecule is COc1ccc(F)cc1S(=O)(=O)NC(Cc1ccccc1)C(=O)Nc1cc(Cl)cc(Cl)c1. The molecule has 3 rings (SSSR count). The van der Waals surface area contributed by atoms with Crippen LogP contribution in [0.15, 0.2) is 71.6 Å². The number of nitrogens with one attached hydrogen (secondary N) is 2. The monoisotopic (exact) mass is 496 g/mol. The van der Waals surface area contributed by atoms with Crippen LogP contribution in [0.3, 0.4) is 0 Å². The van der Waals surface area contributed by atoms with Crippen LogP contribution >= 0.6 is 23.2 Å². The van der Waals surface area contributed by atoms with Crippen molar-refractivity contribution in [1.29, 1.82) is 0 Å². The van der Waals surface area contributed by atoms with Gasteiger partial charge in [0.1, 0.15) is 22.5 Å². The Morgan fingerprint density at radius 2 is 1.69 bits per heavy atom. The van der Waals surface area contributed by atoms with Crippen molar-refractivity contribution in [3.63, 3.8) is 0 Å². The minimum atomic E-state index is -4.33. The number of rotatable bonds is 8. The minimum absolute atomic E-state index is 0.0395. The second kappa shape index (κ2) is 10.3. The highest BCUT2D eigenvalue weighted by atomic mass is 35.5. The summed E-state index contributed by atoms with van der Waals surface area (Å²) in [6.45, 7) is 0. The standard InChI is InChI=1S/C22H19Cl2FN2O4S/c1-31-20-8-7-17(25)13-21(20)32(29,30)27-19(9-14-5-3-2-4-6-14)22(28)26-18-11-15(23)10-16(24)12-18/h2-8,10-13,19,27H,9H2,1H3,(H,26,28). The Hall–Kier alpha value is -2.65. The molecule has 0 aliphatic heterocycles. The van der Waals surface area contributed by atoms with Crippen LogP contribution in [-0.4, -0.2) is 27.5 Å². The van der Waals surface area contributed by atoms with E-state index in [9.17, 15) is 17.6 Å². The molecule has 0 heterocycles. The number of benzene rings is 3. The second-order valence-corrected chi connectivity index (χ2v) is 9.36. The lowest BCUT2D eigenvalue weighted by atomic mass is 10.1. The van der Waals surface area contributed by atoms with Crippen LogP contribution in [0, 0.1) is 5.82 Å². The zero-order valence-electron chi connectivity index (χ0n) is 16.8. The Bertz CT molecular complexity index is 1200. The number of amides is 1. The summed E-state index contributed by atoms with van der Waals surface area (Å²) in [6.07, 6.45) is 0.0395. The fourth-order valence-corrected chi connectivity index (χ4v) is 4.91. The van der Waals surface area contributed by atoms with Gasteiger partial charge < -0.3 is 10.1 Å². The third-order valence-corrected chi connectivity index (χ3v) is 6.37. The van der Waals surface area contributed by atoms with Gasteiger partial charge in [-0.05, 0) is 48.4 Å². The lowest BCUT2D eigenvalue weighted by Gasteiger charge is -2.20. The van der Waals surface area contributed by atoms with E-state index in [1.54, 1.807) is 30.3 Å². The van der Waals surface area contributed by atoms with Crippen LogP contribution in [-0.2, 0) is 21.2 Å². The smallest absolute Gasteiger partial charge is 0.245 e. The number of sulfonamides is 1. The first kappa shape index (κ1) is 24.0. The number of carbonyl (C=O) groups is 1. The van der Waals surface area contributed by atoms with E-state index < -0.39 is 32.7 Å². The number of methoxy groups -OCH3 is 1. The van der Waals surface area contributed by atoms with Gasteiger partial charge >= 0.3 is 0 Å². The molecule has 168 valence electrons. The normalized spacial score (nSPS) is 12.2. The summed E-state index contributed by atoms with van der Waals surface area (Å²) >= 11 is 12.0. The number of carbonyl (C=O) groups excluding carboxylic acids is 1. The molecule has 32 heavy (non-hydrogen) atoms. The van der Waals surface area contributed by atoms with Crippen molar-refractivity contribution in [3.05, 3.63) is 88.2 Å². The van der Waals surface area contributed by atoms with E-state index in [2.05, 4.69) is 10.0 Å². The summed E-state index contributed by atoms with van der Waals surface area (Å²) in [7, 11) is -3.06. The van der Waals surface area contributed by atoms with E-state index >= 15 is 0 Å². The van der Waals surface area contributed by atoms with E-state index in [1.807, 2.05) is 0 Å². The first-order valence-corrected chi connectivity index (χ1v) is 11.6. The third kappa shape index (κ3) is 6.20. The lowest BCUT2D eigenvalue weighted by Crippen LogP contribution is -2.45. The van der Waals surface area contributed by atoms with Crippen LogP contribution in [0.25, 0.3) is 0 Å². The fourth-order valence-electron chi connectivity index (χ4n) is 3.00. The van der Waals surface area contributed by atoms with Crippen molar-refractivity contribution in [3.8, 4) is 5.75 Å². The molecule has 0 saturated heterocycles. The molecular formula is C22H19Cl2FN2O4S. The number of anilines is 1. The Morgan fingerprint density at radius 1 is 1.03 bits per heavy atom. The fraction of sp³-hybridized carbons (Fsp3) is 0.136. The van der Waals surface area contributed by atoms with Crippen LogP contribution < -0.4 is 14.8 Å². The van der Waals surface area contributed by atoms with Gasteiger partial charge in [0.2, 0.25) is 15.9 Å². The van der Waals surface area contributed by atoms with E-state index in [-0.39, 0.29) is 12.2 Å². The van der Waals surface area contributed by atoms with Crippen molar-refractivity contribution in [2.75, 3.05) is 12.4 Å². The van der Waals surface area contributed by atoms with Crippen LogP contribution in [0.1, 0.15) is 5.56 Å². The van der Waals surface area contributed by atoms with Gasteiger partial charge in [-0.1, -0.05) is 53.5 Å². The number of hydrogen-bond donors (Lipinski definition) is 2. The molecule has 1 amide bonds. The van der Waals surface area contributed by atoms with Crippen LogP contribution in [0.2, 0.25) is 10.0 Å². The summed E-state index contributed by atoms with van der Waals surface area (Å²) in [5.74, 6) is -1.46. The van der Waals surface area contributed by atoms with Gasteiger partial charge in [0.15, 0.2) is 0 Å². The molecule has 3 aromatic rings. The largest absolute Gasteiger partial charge is 0.495 e. The van der Waals surface area contributed by atoms with E-state index in [1.165, 1.54) is 31.4 Å². The highest BCUT2D eigenvalue weighted by Crippen LogP contribution is 2.26. The van der Waals surface area contributed by atoms with Crippen molar-refractivity contribution >= 4 is 44.8 Å². The molecule has 0 aliphatic carbocycles.